The highest BCUT2D eigenvalue weighted by molar-refractivity contribution is 7.08. The van der Waals surface area contributed by atoms with Crippen LogP contribution in [0.2, 0.25) is 0 Å². The van der Waals surface area contributed by atoms with Crippen LogP contribution in [-0.4, -0.2) is 5.97 Å². The topological polar surface area (TPSA) is 26.3 Å². The first-order chi connectivity index (χ1) is 7.79. The second-order valence-corrected chi connectivity index (χ2v) is 3.95. The van der Waals surface area contributed by atoms with Crippen LogP contribution in [0, 0.1) is 0 Å². The van der Waals surface area contributed by atoms with Gasteiger partial charge in [-0.05, 0) is 29.1 Å². The average molecular weight is 230 g/mol. The van der Waals surface area contributed by atoms with Gasteiger partial charge < -0.3 is 4.74 Å². The van der Waals surface area contributed by atoms with Gasteiger partial charge in [-0.2, -0.15) is 11.3 Å². The number of rotatable bonds is 3. The lowest BCUT2D eigenvalue weighted by Gasteiger charge is -2.02. The predicted molar refractivity (Wildman–Crippen MR) is 65.8 cm³/mol. The average Bonchev–Trinajstić information content (AvgIpc) is 2.83. The molecule has 2 aromatic rings. The third kappa shape index (κ3) is 2.38. The maximum atomic E-state index is 11.6. The van der Waals surface area contributed by atoms with Gasteiger partial charge in [-0.1, -0.05) is 24.8 Å². The van der Waals surface area contributed by atoms with E-state index < -0.39 is 0 Å². The summed E-state index contributed by atoms with van der Waals surface area (Å²) in [5.41, 5.74) is 1.58. The highest BCUT2D eigenvalue weighted by Gasteiger charge is 2.07. The van der Waals surface area contributed by atoms with Gasteiger partial charge in [-0.25, -0.2) is 4.79 Å². The molecule has 0 unspecified atom stereocenters. The molecule has 0 aliphatic carbocycles. The van der Waals surface area contributed by atoms with E-state index in [1.807, 2.05) is 17.5 Å². The molecule has 0 N–H and O–H groups in total. The summed E-state index contributed by atoms with van der Waals surface area (Å²) in [7, 11) is 0. The van der Waals surface area contributed by atoms with Crippen molar-refractivity contribution in [1.29, 1.82) is 0 Å². The summed E-state index contributed by atoms with van der Waals surface area (Å²) in [5.74, 6) is 0.217. The van der Waals surface area contributed by atoms with Crippen LogP contribution >= 0.6 is 11.3 Å². The van der Waals surface area contributed by atoms with Crippen LogP contribution in [0.1, 0.15) is 15.9 Å². The molecule has 0 atom stereocenters. The minimum Gasteiger partial charge on any atom is -0.423 e. The van der Waals surface area contributed by atoms with Crippen molar-refractivity contribution in [3.8, 4) is 5.75 Å². The van der Waals surface area contributed by atoms with Crippen LogP contribution in [0.15, 0.2) is 47.7 Å². The van der Waals surface area contributed by atoms with E-state index in [-0.39, 0.29) is 5.97 Å². The van der Waals surface area contributed by atoms with Gasteiger partial charge in [0.25, 0.3) is 0 Å². The van der Waals surface area contributed by atoms with Crippen LogP contribution in [0.25, 0.3) is 6.08 Å². The Morgan fingerprint density at radius 3 is 2.56 bits per heavy atom. The molecule has 0 radical (unpaired) electrons. The Kier molecular flexibility index (Phi) is 3.17. The van der Waals surface area contributed by atoms with E-state index in [0.29, 0.717) is 11.3 Å². The van der Waals surface area contributed by atoms with Crippen LogP contribution in [0.4, 0.5) is 0 Å². The molecule has 1 aromatic heterocycles. The van der Waals surface area contributed by atoms with Crippen LogP contribution < -0.4 is 4.74 Å². The van der Waals surface area contributed by atoms with Crippen molar-refractivity contribution in [2.45, 2.75) is 0 Å². The van der Waals surface area contributed by atoms with Gasteiger partial charge in [0.1, 0.15) is 5.75 Å². The maximum Gasteiger partial charge on any atom is 0.344 e. The standard InChI is InChI=1S/C13H10O2S/c1-2-10-3-5-12(6-4-10)15-13(14)11-7-8-16-9-11/h2-9H,1H2. The Morgan fingerprint density at radius 1 is 1.25 bits per heavy atom. The fourth-order valence-corrected chi connectivity index (χ4v) is 1.84. The minimum atomic E-state index is -0.326. The van der Waals surface area contributed by atoms with Gasteiger partial charge in [0.2, 0.25) is 0 Å². The van der Waals surface area contributed by atoms with E-state index in [1.165, 1.54) is 11.3 Å². The fourth-order valence-electron chi connectivity index (χ4n) is 1.22. The summed E-state index contributed by atoms with van der Waals surface area (Å²) in [6, 6.07) is 8.94. The molecule has 1 aromatic carbocycles. The maximum absolute atomic E-state index is 11.6. The van der Waals surface area contributed by atoms with Crippen molar-refractivity contribution in [3.63, 3.8) is 0 Å². The number of esters is 1. The molecule has 2 nitrogen and oxygen atoms in total. The van der Waals surface area contributed by atoms with Crippen molar-refractivity contribution in [1.82, 2.24) is 0 Å². The Hall–Kier alpha value is -1.87. The van der Waals surface area contributed by atoms with Crippen molar-refractivity contribution in [3.05, 3.63) is 58.8 Å². The van der Waals surface area contributed by atoms with E-state index in [0.717, 1.165) is 5.56 Å². The van der Waals surface area contributed by atoms with Gasteiger partial charge >= 0.3 is 5.97 Å². The quantitative estimate of drug-likeness (QED) is 0.594. The molecule has 0 bridgehead atoms. The summed E-state index contributed by atoms with van der Waals surface area (Å²) in [4.78, 5) is 11.6. The number of hydrogen-bond donors (Lipinski definition) is 0. The first-order valence-corrected chi connectivity index (χ1v) is 5.71. The molecular formula is C13H10O2S. The van der Waals surface area contributed by atoms with Crippen molar-refractivity contribution >= 4 is 23.4 Å². The zero-order chi connectivity index (χ0) is 11.4. The Balaban J connectivity index is 2.09. The lowest BCUT2D eigenvalue weighted by Crippen LogP contribution is -2.06. The summed E-state index contributed by atoms with van der Waals surface area (Å²) >= 11 is 1.47. The smallest absolute Gasteiger partial charge is 0.344 e. The lowest BCUT2D eigenvalue weighted by atomic mass is 10.2. The van der Waals surface area contributed by atoms with Gasteiger partial charge in [-0.15, -0.1) is 0 Å². The normalized spacial score (nSPS) is 9.75. The number of ether oxygens (including phenoxy) is 1. The molecular weight excluding hydrogens is 220 g/mol. The molecule has 0 saturated carbocycles. The molecule has 16 heavy (non-hydrogen) atoms. The molecule has 0 amide bonds. The van der Waals surface area contributed by atoms with Crippen molar-refractivity contribution < 1.29 is 9.53 Å². The van der Waals surface area contributed by atoms with E-state index in [9.17, 15) is 4.79 Å². The zero-order valence-corrected chi connectivity index (χ0v) is 9.37. The molecule has 3 heteroatoms. The third-order valence-electron chi connectivity index (χ3n) is 2.08. The SMILES string of the molecule is C=Cc1ccc(OC(=O)c2ccsc2)cc1. The molecule has 0 fully saturated rings. The van der Waals surface area contributed by atoms with Crippen molar-refractivity contribution in [2.24, 2.45) is 0 Å². The van der Waals surface area contributed by atoms with E-state index >= 15 is 0 Å². The van der Waals surface area contributed by atoms with Crippen molar-refractivity contribution in [2.75, 3.05) is 0 Å². The van der Waals surface area contributed by atoms with Gasteiger partial charge in [-0.3, -0.25) is 0 Å². The van der Waals surface area contributed by atoms with Crippen LogP contribution in [-0.2, 0) is 0 Å². The third-order valence-corrected chi connectivity index (χ3v) is 2.77. The van der Waals surface area contributed by atoms with E-state index in [4.69, 9.17) is 4.74 Å². The number of benzene rings is 1. The molecule has 0 aliphatic rings. The summed E-state index contributed by atoms with van der Waals surface area (Å²) in [6.45, 7) is 3.66. The molecule has 80 valence electrons. The molecule has 0 saturated heterocycles. The van der Waals surface area contributed by atoms with Gasteiger partial charge in [0.15, 0.2) is 0 Å². The Labute approximate surface area is 97.8 Å². The summed E-state index contributed by atoms with van der Waals surface area (Å²) < 4.78 is 5.19. The molecule has 0 aliphatic heterocycles. The van der Waals surface area contributed by atoms with E-state index in [2.05, 4.69) is 6.58 Å². The number of hydrogen-bond acceptors (Lipinski definition) is 3. The first kappa shape index (κ1) is 10.6. The summed E-state index contributed by atoms with van der Waals surface area (Å²) in [6.07, 6.45) is 1.74. The number of carbonyl (C=O) groups excluding carboxylic acids is 1. The predicted octanol–water partition coefficient (Wildman–Crippen LogP) is 3.61. The van der Waals surface area contributed by atoms with Gasteiger partial charge in [0, 0.05) is 5.38 Å². The largest absolute Gasteiger partial charge is 0.423 e. The first-order valence-electron chi connectivity index (χ1n) is 4.76. The zero-order valence-electron chi connectivity index (χ0n) is 8.55. The highest BCUT2D eigenvalue weighted by Crippen LogP contribution is 2.15. The van der Waals surface area contributed by atoms with Gasteiger partial charge in [0.05, 0.1) is 5.56 Å². The highest BCUT2D eigenvalue weighted by atomic mass is 32.1. The second kappa shape index (κ2) is 4.77. The number of thiophene rings is 1. The molecule has 0 spiro atoms. The van der Waals surface area contributed by atoms with E-state index in [1.54, 1.807) is 29.7 Å². The van der Waals surface area contributed by atoms with Crippen LogP contribution in [0.5, 0.6) is 5.75 Å². The number of carbonyl (C=O) groups is 1. The summed E-state index contributed by atoms with van der Waals surface area (Å²) in [5, 5.41) is 3.61. The lowest BCUT2D eigenvalue weighted by molar-refractivity contribution is 0.0735. The Morgan fingerprint density at radius 2 is 2.00 bits per heavy atom. The monoisotopic (exact) mass is 230 g/mol. The Bertz CT molecular complexity index is 483. The fraction of sp³-hybridized carbons (Fsp3) is 0. The minimum absolute atomic E-state index is 0.326. The molecule has 2 rings (SSSR count). The second-order valence-electron chi connectivity index (χ2n) is 3.17. The van der Waals surface area contributed by atoms with Crippen LogP contribution in [0.3, 0.4) is 0 Å². The molecule has 1 heterocycles.